The second-order valence-corrected chi connectivity index (χ2v) is 9.83. The predicted molar refractivity (Wildman–Crippen MR) is 131 cm³/mol. The van der Waals surface area contributed by atoms with E-state index < -0.39 is 11.9 Å². The van der Waals surface area contributed by atoms with E-state index in [4.69, 9.17) is 4.74 Å². The van der Waals surface area contributed by atoms with Crippen LogP contribution in [-0.4, -0.2) is 30.2 Å². The van der Waals surface area contributed by atoms with E-state index >= 15 is 0 Å². The third-order valence-corrected chi connectivity index (χ3v) is 7.25. The monoisotopic (exact) mass is 472 g/mol. The van der Waals surface area contributed by atoms with Gasteiger partial charge < -0.3 is 9.64 Å². The summed E-state index contributed by atoms with van der Waals surface area (Å²) < 4.78 is 5.55. The number of ether oxygens (including phenoxy) is 1. The Kier molecular flexibility index (Phi) is 5.79. The van der Waals surface area contributed by atoms with E-state index in [-0.39, 0.29) is 42.5 Å². The van der Waals surface area contributed by atoms with Crippen molar-refractivity contribution in [3.8, 4) is 5.75 Å². The summed E-state index contributed by atoms with van der Waals surface area (Å²) in [5.41, 5.74) is 4.46. The van der Waals surface area contributed by atoms with Crippen molar-refractivity contribution in [1.82, 2.24) is 0 Å². The average molecular weight is 473 g/mol. The molecule has 2 aromatic rings. The molecule has 2 aliphatic heterocycles. The fourth-order valence-corrected chi connectivity index (χ4v) is 5.26. The standard InChI is InChI=1S/C28H28N2O5/c1-16-5-11-22-23(12-16)27(33)30(26(22)32)20-7-9-21(10-8-20)35-28(34)19-14-25(31)29(15-19)24-13-17(2)4-6-18(24)3/h4-10,13,19,22-23H,11-12,14-15H2,1-3H3/t19-,22+,23+/m1/s1. The lowest BCUT2D eigenvalue weighted by atomic mass is 9.82. The molecule has 3 amide bonds. The maximum absolute atomic E-state index is 12.9. The number of amides is 3. The van der Waals surface area contributed by atoms with Crippen LogP contribution < -0.4 is 14.5 Å². The Morgan fingerprint density at radius 2 is 1.63 bits per heavy atom. The highest BCUT2D eigenvalue weighted by molar-refractivity contribution is 6.22. The van der Waals surface area contributed by atoms with Crippen LogP contribution in [0.2, 0.25) is 0 Å². The second-order valence-electron chi connectivity index (χ2n) is 9.83. The van der Waals surface area contributed by atoms with Gasteiger partial charge in [0.1, 0.15) is 5.75 Å². The van der Waals surface area contributed by atoms with Crippen molar-refractivity contribution in [3.05, 3.63) is 65.2 Å². The number of allylic oxidation sites excluding steroid dienone is 2. The van der Waals surface area contributed by atoms with E-state index in [2.05, 4.69) is 0 Å². The van der Waals surface area contributed by atoms with Crippen LogP contribution in [0.15, 0.2) is 54.1 Å². The number of anilines is 2. The molecule has 0 radical (unpaired) electrons. The molecule has 0 bridgehead atoms. The van der Waals surface area contributed by atoms with E-state index in [0.29, 0.717) is 24.3 Å². The van der Waals surface area contributed by atoms with Crippen molar-refractivity contribution < 1.29 is 23.9 Å². The Bertz CT molecular complexity index is 1260. The number of carbonyl (C=O) groups excluding carboxylic acids is 4. The van der Waals surface area contributed by atoms with Crippen LogP contribution in [0.3, 0.4) is 0 Å². The highest BCUT2D eigenvalue weighted by Gasteiger charge is 2.48. The summed E-state index contributed by atoms with van der Waals surface area (Å²) >= 11 is 0. The Balaban J connectivity index is 1.25. The molecule has 7 nitrogen and oxygen atoms in total. The average Bonchev–Trinajstić information content (AvgIpc) is 3.33. The Hall–Kier alpha value is -3.74. The van der Waals surface area contributed by atoms with Gasteiger partial charge in [-0.25, -0.2) is 0 Å². The first-order chi connectivity index (χ1) is 16.7. The quantitative estimate of drug-likeness (QED) is 0.289. The lowest BCUT2D eigenvalue weighted by Gasteiger charge is -2.19. The van der Waals surface area contributed by atoms with Gasteiger partial charge in [0, 0.05) is 18.7 Å². The third-order valence-electron chi connectivity index (χ3n) is 7.25. The second kappa shape index (κ2) is 8.80. The van der Waals surface area contributed by atoms with Crippen LogP contribution in [0.1, 0.15) is 37.3 Å². The smallest absolute Gasteiger partial charge is 0.316 e. The zero-order chi connectivity index (χ0) is 24.9. The molecule has 3 atom stereocenters. The van der Waals surface area contributed by atoms with Crippen molar-refractivity contribution in [2.75, 3.05) is 16.3 Å². The predicted octanol–water partition coefficient (Wildman–Crippen LogP) is 4.11. The van der Waals surface area contributed by atoms with E-state index in [1.807, 2.05) is 45.0 Å². The van der Waals surface area contributed by atoms with E-state index in [1.165, 1.54) is 4.90 Å². The molecule has 2 fully saturated rings. The minimum absolute atomic E-state index is 0.0946. The Labute approximate surface area is 204 Å². The highest BCUT2D eigenvalue weighted by Crippen LogP contribution is 2.40. The van der Waals surface area contributed by atoms with E-state index in [9.17, 15) is 19.2 Å². The molecule has 0 N–H and O–H groups in total. The molecule has 7 heteroatoms. The molecule has 2 saturated heterocycles. The van der Waals surface area contributed by atoms with Crippen molar-refractivity contribution in [1.29, 1.82) is 0 Å². The SMILES string of the molecule is CC1=CC[C@@H]2C(=O)N(c3ccc(OC(=O)[C@@H]4CC(=O)N(c5cc(C)ccc5C)C4)cc3)C(=O)[C@H]2C1. The van der Waals surface area contributed by atoms with Crippen LogP contribution in [-0.2, 0) is 19.2 Å². The van der Waals surface area contributed by atoms with Crippen LogP contribution in [0, 0.1) is 31.6 Å². The molecule has 2 heterocycles. The highest BCUT2D eigenvalue weighted by atomic mass is 16.5. The first kappa shape index (κ1) is 23.0. The summed E-state index contributed by atoms with van der Waals surface area (Å²) in [6.07, 6.45) is 3.33. The molecule has 180 valence electrons. The summed E-state index contributed by atoms with van der Waals surface area (Å²) in [6, 6.07) is 12.3. The Morgan fingerprint density at radius 3 is 2.37 bits per heavy atom. The lowest BCUT2D eigenvalue weighted by Crippen LogP contribution is -2.30. The fourth-order valence-electron chi connectivity index (χ4n) is 5.26. The van der Waals surface area contributed by atoms with Crippen molar-refractivity contribution in [2.24, 2.45) is 17.8 Å². The number of benzene rings is 2. The van der Waals surface area contributed by atoms with Crippen molar-refractivity contribution in [3.63, 3.8) is 0 Å². The fraction of sp³-hybridized carbons (Fsp3) is 0.357. The third kappa shape index (κ3) is 4.16. The molecule has 0 spiro atoms. The van der Waals surface area contributed by atoms with Gasteiger partial charge in [-0.3, -0.25) is 24.1 Å². The summed E-state index contributed by atoms with van der Waals surface area (Å²) in [5, 5.41) is 0. The largest absolute Gasteiger partial charge is 0.426 e. The first-order valence-electron chi connectivity index (χ1n) is 12.0. The van der Waals surface area contributed by atoms with Crippen LogP contribution in [0.5, 0.6) is 5.75 Å². The number of carbonyl (C=O) groups is 4. The first-order valence-corrected chi connectivity index (χ1v) is 12.0. The number of hydrogen-bond acceptors (Lipinski definition) is 5. The molecular weight excluding hydrogens is 444 g/mol. The normalized spacial score (nSPS) is 24.0. The molecule has 0 aromatic heterocycles. The van der Waals surface area contributed by atoms with E-state index in [0.717, 1.165) is 22.4 Å². The number of aryl methyl sites for hydroxylation is 2. The minimum atomic E-state index is -0.567. The molecule has 3 aliphatic rings. The number of rotatable bonds is 4. The zero-order valence-corrected chi connectivity index (χ0v) is 20.1. The molecule has 0 saturated carbocycles. The van der Waals surface area contributed by atoms with Crippen LogP contribution >= 0.6 is 0 Å². The molecule has 5 rings (SSSR count). The molecule has 2 aromatic carbocycles. The molecule has 0 unspecified atom stereocenters. The lowest BCUT2D eigenvalue weighted by molar-refractivity contribution is -0.139. The number of imide groups is 1. The number of fused-ring (bicyclic) bond motifs is 1. The van der Waals surface area contributed by atoms with Gasteiger partial charge >= 0.3 is 5.97 Å². The van der Waals surface area contributed by atoms with Gasteiger partial charge in [-0.15, -0.1) is 0 Å². The Morgan fingerprint density at radius 1 is 0.914 bits per heavy atom. The van der Waals surface area contributed by atoms with Gasteiger partial charge in [-0.1, -0.05) is 23.8 Å². The summed E-state index contributed by atoms with van der Waals surface area (Å²) in [6.45, 7) is 6.16. The molecule has 35 heavy (non-hydrogen) atoms. The molecule has 1 aliphatic carbocycles. The van der Waals surface area contributed by atoms with Gasteiger partial charge in [0.05, 0.1) is 23.4 Å². The maximum Gasteiger partial charge on any atom is 0.316 e. The number of nitrogens with zero attached hydrogens (tertiary/aromatic N) is 2. The van der Waals surface area contributed by atoms with Gasteiger partial charge in [-0.05, 0) is 75.1 Å². The van der Waals surface area contributed by atoms with Crippen molar-refractivity contribution in [2.45, 2.75) is 40.0 Å². The van der Waals surface area contributed by atoms with Gasteiger partial charge in [0.2, 0.25) is 17.7 Å². The van der Waals surface area contributed by atoms with Crippen LogP contribution in [0.4, 0.5) is 11.4 Å². The summed E-state index contributed by atoms with van der Waals surface area (Å²) in [5.74, 6) is -1.78. The topological polar surface area (TPSA) is 84.0 Å². The minimum Gasteiger partial charge on any atom is -0.426 e. The summed E-state index contributed by atoms with van der Waals surface area (Å²) in [7, 11) is 0. The van der Waals surface area contributed by atoms with E-state index in [1.54, 1.807) is 29.2 Å². The van der Waals surface area contributed by atoms with Gasteiger partial charge in [0.25, 0.3) is 0 Å². The van der Waals surface area contributed by atoms with Crippen molar-refractivity contribution >= 4 is 35.1 Å². The maximum atomic E-state index is 12.9. The number of esters is 1. The van der Waals surface area contributed by atoms with Crippen LogP contribution in [0.25, 0.3) is 0 Å². The molecular formula is C28H28N2O5. The zero-order valence-electron chi connectivity index (χ0n) is 20.1. The summed E-state index contributed by atoms with van der Waals surface area (Å²) in [4.78, 5) is 54.1. The number of hydrogen-bond donors (Lipinski definition) is 0. The van der Waals surface area contributed by atoms with Gasteiger partial charge in [0.15, 0.2) is 0 Å². The van der Waals surface area contributed by atoms with Gasteiger partial charge in [-0.2, -0.15) is 0 Å².